The van der Waals surface area contributed by atoms with Crippen LogP contribution in [0.3, 0.4) is 0 Å². The number of anilines is 1. The number of hydrogen-bond acceptors (Lipinski definition) is 3. The van der Waals surface area contributed by atoms with E-state index in [1.807, 2.05) is 0 Å². The first-order valence-electron chi connectivity index (χ1n) is 7.74. The summed E-state index contributed by atoms with van der Waals surface area (Å²) in [7, 11) is 3.37. The lowest BCUT2D eigenvalue weighted by Crippen LogP contribution is -2.41. The molecule has 0 radical (unpaired) electrons. The zero-order chi connectivity index (χ0) is 16.2. The Morgan fingerprint density at radius 2 is 1.91 bits per heavy atom. The molecular weight excluding hydrogens is 280 g/mol. The Balaban J connectivity index is 1.99. The van der Waals surface area contributed by atoms with Gasteiger partial charge in [0.1, 0.15) is 11.2 Å². The number of carbonyl (C=O) groups is 2. The largest absolute Gasteiger partial charge is 0.497 e. The molecule has 1 fully saturated rings. The van der Waals surface area contributed by atoms with Gasteiger partial charge in [0, 0.05) is 19.3 Å². The van der Waals surface area contributed by atoms with E-state index in [1.165, 1.54) is 0 Å². The van der Waals surface area contributed by atoms with E-state index in [0.29, 0.717) is 25.1 Å². The summed E-state index contributed by atoms with van der Waals surface area (Å²) in [6.45, 7) is 2.79. The predicted molar refractivity (Wildman–Crippen MR) is 85.8 cm³/mol. The number of benzene rings is 1. The number of rotatable bonds is 7. The molecule has 2 rings (SSSR count). The van der Waals surface area contributed by atoms with Gasteiger partial charge >= 0.3 is 0 Å². The van der Waals surface area contributed by atoms with Gasteiger partial charge in [0.15, 0.2) is 0 Å². The Hall–Kier alpha value is -2.04. The maximum Gasteiger partial charge on any atom is 0.240 e. The second kappa shape index (κ2) is 6.81. The van der Waals surface area contributed by atoms with Crippen LogP contribution in [-0.2, 0) is 9.59 Å². The van der Waals surface area contributed by atoms with Crippen molar-refractivity contribution in [3.05, 3.63) is 24.3 Å². The van der Waals surface area contributed by atoms with Gasteiger partial charge in [-0.2, -0.15) is 0 Å². The minimum absolute atomic E-state index is 0.0630. The van der Waals surface area contributed by atoms with Gasteiger partial charge in [-0.1, -0.05) is 13.3 Å². The Bertz CT molecular complexity index is 535. The SMILES string of the molecule is CCCCN(C)C(=O)C1(C(=O)Nc2ccc(OC)cc2)CC1. The second-order valence-electron chi connectivity index (χ2n) is 5.84. The van der Waals surface area contributed by atoms with Crippen LogP contribution in [0.1, 0.15) is 32.6 Å². The van der Waals surface area contributed by atoms with Crippen LogP contribution in [0, 0.1) is 5.41 Å². The molecule has 0 bridgehead atoms. The molecular formula is C17H24N2O3. The quantitative estimate of drug-likeness (QED) is 0.788. The van der Waals surface area contributed by atoms with Crippen molar-refractivity contribution in [2.24, 2.45) is 5.41 Å². The third kappa shape index (κ3) is 3.40. The Labute approximate surface area is 131 Å². The molecule has 1 saturated carbocycles. The van der Waals surface area contributed by atoms with Gasteiger partial charge in [-0.05, 0) is 43.5 Å². The molecule has 2 amide bonds. The van der Waals surface area contributed by atoms with Crippen LogP contribution in [-0.4, -0.2) is 37.4 Å². The molecule has 1 N–H and O–H groups in total. The lowest BCUT2D eigenvalue weighted by atomic mass is 10.0. The van der Waals surface area contributed by atoms with Gasteiger partial charge in [0.05, 0.1) is 7.11 Å². The minimum atomic E-state index is -0.859. The smallest absolute Gasteiger partial charge is 0.240 e. The van der Waals surface area contributed by atoms with Crippen LogP contribution >= 0.6 is 0 Å². The topological polar surface area (TPSA) is 58.6 Å². The lowest BCUT2D eigenvalue weighted by molar-refractivity contribution is -0.141. The summed E-state index contributed by atoms with van der Waals surface area (Å²) in [5.41, 5.74) is -0.177. The zero-order valence-electron chi connectivity index (χ0n) is 13.5. The zero-order valence-corrected chi connectivity index (χ0v) is 13.5. The van der Waals surface area contributed by atoms with E-state index in [2.05, 4.69) is 12.2 Å². The summed E-state index contributed by atoms with van der Waals surface area (Å²) in [6.07, 6.45) is 3.25. The van der Waals surface area contributed by atoms with Gasteiger partial charge in [0.25, 0.3) is 0 Å². The molecule has 0 spiro atoms. The number of ether oxygens (including phenoxy) is 1. The summed E-state index contributed by atoms with van der Waals surface area (Å²) in [4.78, 5) is 26.7. The molecule has 0 saturated heterocycles. The van der Waals surface area contributed by atoms with E-state index < -0.39 is 5.41 Å². The van der Waals surface area contributed by atoms with Crippen LogP contribution in [0.25, 0.3) is 0 Å². The number of carbonyl (C=O) groups excluding carboxylic acids is 2. The van der Waals surface area contributed by atoms with Crippen molar-refractivity contribution in [2.75, 3.05) is 26.0 Å². The summed E-state index contributed by atoms with van der Waals surface area (Å²) in [5.74, 6) is 0.465. The van der Waals surface area contributed by atoms with Crippen LogP contribution in [0.4, 0.5) is 5.69 Å². The highest BCUT2D eigenvalue weighted by molar-refractivity contribution is 6.12. The molecule has 22 heavy (non-hydrogen) atoms. The van der Waals surface area contributed by atoms with Crippen LogP contribution in [0.2, 0.25) is 0 Å². The lowest BCUT2D eigenvalue weighted by Gasteiger charge is -2.23. The monoisotopic (exact) mass is 304 g/mol. The standard InChI is InChI=1S/C17H24N2O3/c1-4-5-12-19(2)16(21)17(10-11-17)15(20)18-13-6-8-14(22-3)9-7-13/h6-9H,4-5,10-12H2,1-3H3,(H,18,20). The van der Waals surface area contributed by atoms with Gasteiger partial charge in [0.2, 0.25) is 11.8 Å². The van der Waals surface area contributed by atoms with Crippen LogP contribution in [0.15, 0.2) is 24.3 Å². The number of unbranched alkanes of at least 4 members (excludes halogenated alkanes) is 1. The van der Waals surface area contributed by atoms with E-state index in [0.717, 1.165) is 18.6 Å². The third-order valence-electron chi connectivity index (χ3n) is 4.14. The average Bonchev–Trinajstić information content (AvgIpc) is 3.34. The fourth-order valence-electron chi connectivity index (χ4n) is 2.45. The number of nitrogens with zero attached hydrogens (tertiary/aromatic N) is 1. The Morgan fingerprint density at radius 3 is 2.41 bits per heavy atom. The number of amides is 2. The molecule has 120 valence electrons. The van der Waals surface area contributed by atoms with Crippen molar-refractivity contribution in [1.29, 1.82) is 0 Å². The van der Waals surface area contributed by atoms with Crippen molar-refractivity contribution >= 4 is 17.5 Å². The normalized spacial score (nSPS) is 15.0. The molecule has 0 aliphatic heterocycles. The molecule has 5 heteroatoms. The van der Waals surface area contributed by atoms with Crippen molar-refractivity contribution in [2.45, 2.75) is 32.6 Å². The van der Waals surface area contributed by atoms with E-state index in [4.69, 9.17) is 4.74 Å². The van der Waals surface area contributed by atoms with E-state index in [-0.39, 0.29) is 11.8 Å². The molecule has 0 atom stereocenters. The number of methoxy groups -OCH3 is 1. The molecule has 0 heterocycles. The molecule has 1 aromatic carbocycles. The molecule has 1 aromatic rings. The van der Waals surface area contributed by atoms with E-state index in [1.54, 1.807) is 43.3 Å². The molecule has 1 aliphatic carbocycles. The molecule has 0 unspecified atom stereocenters. The molecule has 1 aliphatic rings. The molecule has 5 nitrogen and oxygen atoms in total. The van der Waals surface area contributed by atoms with Crippen molar-refractivity contribution < 1.29 is 14.3 Å². The van der Waals surface area contributed by atoms with Gasteiger partial charge < -0.3 is 15.0 Å². The Kier molecular flexibility index (Phi) is 5.06. The molecule has 0 aromatic heterocycles. The van der Waals surface area contributed by atoms with Crippen LogP contribution in [0.5, 0.6) is 5.75 Å². The van der Waals surface area contributed by atoms with Crippen molar-refractivity contribution in [3.8, 4) is 5.75 Å². The maximum atomic E-state index is 12.5. The van der Waals surface area contributed by atoms with Gasteiger partial charge in [-0.15, -0.1) is 0 Å². The van der Waals surface area contributed by atoms with Crippen molar-refractivity contribution in [1.82, 2.24) is 4.90 Å². The number of hydrogen-bond donors (Lipinski definition) is 1. The average molecular weight is 304 g/mol. The Morgan fingerprint density at radius 1 is 1.27 bits per heavy atom. The fourth-order valence-corrected chi connectivity index (χ4v) is 2.45. The fraction of sp³-hybridized carbons (Fsp3) is 0.529. The summed E-state index contributed by atoms with van der Waals surface area (Å²) >= 11 is 0. The predicted octanol–water partition coefficient (Wildman–Crippen LogP) is 2.67. The van der Waals surface area contributed by atoms with E-state index in [9.17, 15) is 9.59 Å². The highest BCUT2D eigenvalue weighted by Gasteiger charge is 2.57. The third-order valence-corrected chi connectivity index (χ3v) is 4.14. The highest BCUT2D eigenvalue weighted by Crippen LogP contribution is 2.48. The second-order valence-corrected chi connectivity index (χ2v) is 5.84. The maximum absolute atomic E-state index is 12.5. The first-order chi connectivity index (χ1) is 10.5. The summed E-state index contributed by atoms with van der Waals surface area (Å²) in [5, 5.41) is 2.85. The first kappa shape index (κ1) is 16.3. The number of nitrogens with one attached hydrogen (secondary N) is 1. The summed E-state index contributed by atoms with van der Waals surface area (Å²) in [6, 6.07) is 7.12. The van der Waals surface area contributed by atoms with Crippen LogP contribution < -0.4 is 10.1 Å². The van der Waals surface area contributed by atoms with Crippen molar-refractivity contribution in [3.63, 3.8) is 0 Å². The van der Waals surface area contributed by atoms with Gasteiger partial charge in [-0.3, -0.25) is 9.59 Å². The highest BCUT2D eigenvalue weighted by atomic mass is 16.5. The van der Waals surface area contributed by atoms with E-state index >= 15 is 0 Å². The van der Waals surface area contributed by atoms with Gasteiger partial charge in [-0.25, -0.2) is 0 Å². The minimum Gasteiger partial charge on any atom is -0.497 e. The first-order valence-corrected chi connectivity index (χ1v) is 7.74. The summed E-state index contributed by atoms with van der Waals surface area (Å²) < 4.78 is 5.09.